The van der Waals surface area contributed by atoms with Crippen molar-refractivity contribution in [2.45, 2.75) is 58.2 Å². The minimum Gasteiger partial charge on any atom is -0.493 e. The lowest BCUT2D eigenvalue weighted by Crippen LogP contribution is -2.43. The number of urea groups is 1. The molecule has 0 bridgehead atoms. The summed E-state index contributed by atoms with van der Waals surface area (Å²) >= 11 is 0. The first-order valence-corrected chi connectivity index (χ1v) is 12.1. The Bertz CT molecular complexity index is 1060. The third-order valence-electron chi connectivity index (χ3n) is 6.40. The summed E-state index contributed by atoms with van der Waals surface area (Å²) in [5.41, 5.74) is 4.10. The zero-order valence-corrected chi connectivity index (χ0v) is 20.1. The van der Waals surface area contributed by atoms with E-state index in [1.54, 1.807) is 7.11 Å². The fraction of sp³-hybridized carbons (Fsp3) is 0.345. The fourth-order valence-electron chi connectivity index (χ4n) is 4.46. The minimum absolute atomic E-state index is 0.0571. The predicted octanol–water partition coefficient (Wildman–Crippen LogP) is 6.95. The monoisotopic (exact) mass is 458 g/mol. The van der Waals surface area contributed by atoms with Crippen LogP contribution in [0.5, 0.6) is 11.5 Å². The molecule has 1 fully saturated rings. The number of ether oxygens (including phenoxy) is 2. The van der Waals surface area contributed by atoms with Gasteiger partial charge < -0.3 is 19.7 Å². The molecular formula is C29H34N2O3. The first-order valence-electron chi connectivity index (χ1n) is 12.1. The summed E-state index contributed by atoms with van der Waals surface area (Å²) in [5.74, 6) is 1.37. The van der Waals surface area contributed by atoms with Gasteiger partial charge in [-0.1, -0.05) is 73.4 Å². The second-order valence-corrected chi connectivity index (χ2v) is 8.98. The van der Waals surface area contributed by atoms with Crippen LogP contribution in [0.3, 0.4) is 0 Å². The number of anilines is 1. The Morgan fingerprint density at radius 2 is 1.65 bits per heavy atom. The van der Waals surface area contributed by atoms with Crippen molar-refractivity contribution in [1.29, 1.82) is 0 Å². The number of methoxy groups -OCH3 is 1. The van der Waals surface area contributed by atoms with E-state index >= 15 is 0 Å². The van der Waals surface area contributed by atoms with Crippen LogP contribution >= 0.6 is 0 Å². The number of aryl methyl sites for hydroxylation is 1. The normalized spacial score (nSPS) is 13.8. The number of amides is 2. The first-order chi connectivity index (χ1) is 16.6. The summed E-state index contributed by atoms with van der Waals surface area (Å²) in [6.07, 6.45) is 5.63. The van der Waals surface area contributed by atoms with Crippen molar-refractivity contribution in [2.75, 3.05) is 12.4 Å². The van der Waals surface area contributed by atoms with Crippen LogP contribution in [0.2, 0.25) is 0 Å². The molecule has 1 aliphatic carbocycles. The largest absolute Gasteiger partial charge is 0.493 e. The van der Waals surface area contributed by atoms with Crippen LogP contribution < -0.4 is 14.8 Å². The smallest absolute Gasteiger partial charge is 0.322 e. The lowest BCUT2D eigenvalue weighted by molar-refractivity contribution is 0.162. The van der Waals surface area contributed by atoms with Gasteiger partial charge in [0.15, 0.2) is 11.5 Å². The van der Waals surface area contributed by atoms with Gasteiger partial charge in [0, 0.05) is 18.3 Å². The number of hydrogen-bond donors (Lipinski definition) is 1. The van der Waals surface area contributed by atoms with E-state index in [-0.39, 0.29) is 12.1 Å². The van der Waals surface area contributed by atoms with E-state index in [9.17, 15) is 4.79 Å². The summed E-state index contributed by atoms with van der Waals surface area (Å²) in [6, 6.07) is 24.1. The molecule has 178 valence electrons. The van der Waals surface area contributed by atoms with Crippen molar-refractivity contribution in [1.82, 2.24) is 4.90 Å². The van der Waals surface area contributed by atoms with Crippen LogP contribution in [0.15, 0.2) is 72.8 Å². The highest BCUT2D eigenvalue weighted by molar-refractivity contribution is 5.89. The van der Waals surface area contributed by atoms with E-state index in [2.05, 4.69) is 5.32 Å². The molecule has 0 spiro atoms. The number of benzene rings is 3. The SMILES string of the molecule is COc1ccc(CN(C(=O)Nc2ccc(C)cc2)C2CCCCC2)cc1OCc1ccccc1. The molecule has 0 radical (unpaired) electrons. The van der Waals surface area contributed by atoms with Crippen molar-refractivity contribution < 1.29 is 14.3 Å². The number of nitrogens with zero attached hydrogens (tertiary/aromatic N) is 1. The van der Waals surface area contributed by atoms with E-state index in [1.165, 1.54) is 12.0 Å². The molecule has 0 heterocycles. The van der Waals surface area contributed by atoms with Gasteiger partial charge in [-0.2, -0.15) is 0 Å². The number of carbonyl (C=O) groups excluding carboxylic acids is 1. The van der Waals surface area contributed by atoms with Gasteiger partial charge in [0.05, 0.1) is 7.11 Å². The van der Waals surface area contributed by atoms with E-state index in [0.29, 0.717) is 24.7 Å². The highest BCUT2D eigenvalue weighted by Crippen LogP contribution is 2.31. The van der Waals surface area contributed by atoms with E-state index in [0.717, 1.165) is 42.5 Å². The standard InChI is InChI=1S/C29H34N2O3/c1-22-13-16-25(17-14-22)30-29(32)31(26-11-7-4-8-12-26)20-24-15-18-27(33-2)28(19-24)34-21-23-9-5-3-6-10-23/h3,5-6,9-10,13-19,26H,4,7-8,11-12,20-21H2,1-2H3,(H,30,32). The Balaban J connectivity index is 1.52. The molecule has 0 aromatic heterocycles. The molecule has 1 aliphatic rings. The fourth-order valence-corrected chi connectivity index (χ4v) is 4.46. The molecule has 1 N–H and O–H groups in total. The second kappa shape index (κ2) is 11.6. The maximum absolute atomic E-state index is 13.4. The van der Waals surface area contributed by atoms with Gasteiger partial charge in [0.25, 0.3) is 0 Å². The van der Waals surface area contributed by atoms with E-state index < -0.39 is 0 Å². The van der Waals surface area contributed by atoms with Crippen LogP contribution in [0.25, 0.3) is 0 Å². The summed E-state index contributed by atoms with van der Waals surface area (Å²) in [4.78, 5) is 15.4. The Morgan fingerprint density at radius 3 is 2.35 bits per heavy atom. The van der Waals surface area contributed by atoms with Gasteiger partial charge >= 0.3 is 6.03 Å². The van der Waals surface area contributed by atoms with Gasteiger partial charge in [-0.25, -0.2) is 4.79 Å². The number of carbonyl (C=O) groups is 1. The highest BCUT2D eigenvalue weighted by atomic mass is 16.5. The molecule has 34 heavy (non-hydrogen) atoms. The van der Waals surface area contributed by atoms with Crippen molar-refractivity contribution in [3.63, 3.8) is 0 Å². The average Bonchev–Trinajstić information content (AvgIpc) is 2.88. The van der Waals surface area contributed by atoms with Crippen molar-refractivity contribution in [3.05, 3.63) is 89.5 Å². The highest BCUT2D eigenvalue weighted by Gasteiger charge is 2.26. The minimum atomic E-state index is -0.0571. The summed E-state index contributed by atoms with van der Waals surface area (Å²) in [7, 11) is 1.65. The lowest BCUT2D eigenvalue weighted by atomic mass is 9.94. The maximum Gasteiger partial charge on any atom is 0.322 e. The van der Waals surface area contributed by atoms with Crippen molar-refractivity contribution >= 4 is 11.7 Å². The third-order valence-corrected chi connectivity index (χ3v) is 6.40. The molecule has 3 aromatic rings. The van der Waals surface area contributed by atoms with E-state index in [1.807, 2.05) is 84.6 Å². The molecule has 3 aromatic carbocycles. The molecule has 0 aliphatic heterocycles. The lowest BCUT2D eigenvalue weighted by Gasteiger charge is -2.34. The van der Waals surface area contributed by atoms with Crippen molar-refractivity contribution in [3.8, 4) is 11.5 Å². The Kier molecular flexibility index (Phi) is 8.08. The topological polar surface area (TPSA) is 50.8 Å². The average molecular weight is 459 g/mol. The molecule has 1 saturated carbocycles. The molecular weight excluding hydrogens is 424 g/mol. The van der Waals surface area contributed by atoms with Gasteiger partial charge in [-0.3, -0.25) is 0 Å². The van der Waals surface area contributed by atoms with E-state index in [4.69, 9.17) is 9.47 Å². The van der Waals surface area contributed by atoms with Crippen LogP contribution in [-0.4, -0.2) is 24.1 Å². The molecule has 0 atom stereocenters. The Morgan fingerprint density at radius 1 is 0.912 bits per heavy atom. The summed E-state index contributed by atoms with van der Waals surface area (Å²) < 4.78 is 11.6. The van der Waals surface area contributed by atoms with Crippen LogP contribution in [-0.2, 0) is 13.2 Å². The maximum atomic E-state index is 13.4. The van der Waals surface area contributed by atoms with Gasteiger partial charge in [-0.15, -0.1) is 0 Å². The molecule has 5 nitrogen and oxygen atoms in total. The molecule has 0 unspecified atom stereocenters. The molecule has 4 rings (SSSR count). The van der Waals surface area contributed by atoms with Gasteiger partial charge in [-0.05, 0) is 55.2 Å². The molecule has 0 saturated heterocycles. The zero-order valence-electron chi connectivity index (χ0n) is 20.1. The second-order valence-electron chi connectivity index (χ2n) is 8.98. The Hall–Kier alpha value is -3.47. The quantitative estimate of drug-likeness (QED) is 0.397. The summed E-state index contributed by atoms with van der Waals surface area (Å²) in [6.45, 7) is 3.02. The van der Waals surface area contributed by atoms with Gasteiger partial charge in [0.2, 0.25) is 0 Å². The van der Waals surface area contributed by atoms with Crippen molar-refractivity contribution in [2.24, 2.45) is 0 Å². The number of rotatable bonds is 8. The summed E-state index contributed by atoms with van der Waals surface area (Å²) in [5, 5.41) is 3.10. The Labute approximate surface area is 202 Å². The van der Waals surface area contributed by atoms with Gasteiger partial charge in [0.1, 0.15) is 6.61 Å². The molecule has 2 amide bonds. The van der Waals surface area contributed by atoms with Crippen LogP contribution in [0.4, 0.5) is 10.5 Å². The first kappa shape index (κ1) is 23.7. The number of nitrogens with one attached hydrogen (secondary N) is 1. The molecule has 5 heteroatoms. The predicted molar refractivity (Wildman–Crippen MR) is 136 cm³/mol. The third kappa shape index (κ3) is 6.31. The van der Waals surface area contributed by atoms with Crippen LogP contribution in [0, 0.1) is 6.92 Å². The number of hydrogen-bond acceptors (Lipinski definition) is 3. The van der Waals surface area contributed by atoms with Crippen LogP contribution in [0.1, 0.15) is 48.8 Å². The zero-order chi connectivity index (χ0) is 23.8.